The van der Waals surface area contributed by atoms with Crippen LogP contribution < -0.4 is 10.9 Å². The van der Waals surface area contributed by atoms with Gasteiger partial charge in [-0.05, 0) is 39.6 Å². The van der Waals surface area contributed by atoms with Crippen molar-refractivity contribution in [2.24, 2.45) is 0 Å². The summed E-state index contributed by atoms with van der Waals surface area (Å²) in [4.78, 5) is 33.8. The third kappa shape index (κ3) is 6.18. The highest BCUT2D eigenvalue weighted by molar-refractivity contribution is 6.33. The molecule has 5 rings (SSSR count). The van der Waals surface area contributed by atoms with E-state index in [0.717, 1.165) is 35.4 Å². The van der Waals surface area contributed by atoms with E-state index in [1.165, 1.54) is 0 Å². The number of likely N-dealkylation sites (N-methyl/N-ethyl adjacent to an activating group) is 1. The van der Waals surface area contributed by atoms with Crippen molar-refractivity contribution >= 4 is 28.6 Å². The minimum absolute atomic E-state index is 0.150. The zero-order valence-corrected chi connectivity index (χ0v) is 23.3. The summed E-state index contributed by atoms with van der Waals surface area (Å²) in [7, 11) is 3.95. The molecule has 0 bridgehead atoms. The summed E-state index contributed by atoms with van der Waals surface area (Å²) in [5.41, 5.74) is 3.97. The van der Waals surface area contributed by atoms with Crippen LogP contribution >= 0.6 is 11.6 Å². The normalized spacial score (nSPS) is 15.0. The molecule has 0 aliphatic carbocycles. The van der Waals surface area contributed by atoms with Crippen molar-refractivity contribution in [1.82, 2.24) is 29.4 Å². The van der Waals surface area contributed by atoms with Crippen LogP contribution in [0.5, 0.6) is 0 Å². The lowest BCUT2D eigenvalue weighted by molar-refractivity contribution is 0.195. The summed E-state index contributed by atoms with van der Waals surface area (Å²) in [6.45, 7) is 8.39. The summed E-state index contributed by atoms with van der Waals surface area (Å²) in [5.74, 6) is 0.491. The Morgan fingerprint density at radius 2 is 1.95 bits per heavy atom. The fourth-order valence-electron chi connectivity index (χ4n) is 4.26. The summed E-state index contributed by atoms with van der Waals surface area (Å²) in [5, 5.41) is 4.55. The van der Waals surface area contributed by atoms with Crippen LogP contribution in [0.3, 0.4) is 0 Å². The Balaban J connectivity index is 0.00000164. The first-order valence-electron chi connectivity index (χ1n) is 12.9. The van der Waals surface area contributed by atoms with E-state index in [0.29, 0.717) is 47.4 Å². The molecule has 200 valence electrons. The Morgan fingerprint density at radius 3 is 2.63 bits per heavy atom. The molecule has 1 aliphatic heterocycles. The number of hydrogen-bond donors (Lipinski definition) is 1. The predicted octanol–water partition coefficient (Wildman–Crippen LogP) is 4.67. The van der Waals surface area contributed by atoms with Gasteiger partial charge in [0.05, 0.1) is 30.2 Å². The predicted molar refractivity (Wildman–Crippen MR) is 153 cm³/mol. The molecular weight excluding hydrogens is 502 g/mol. The van der Waals surface area contributed by atoms with Gasteiger partial charge in [-0.25, -0.2) is 9.97 Å². The van der Waals surface area contributed by atoms with E-state index in [2.05, 4.69) is 20.3 Å². The van der Waals surface area contributed by atoms with E-state index in [1.54, 1.807) is 23.2 Å². The van der Waals surface area contributed by atoms with Gasteiger partial charge in [-0.15, -0.1) is 0 Å². The highest BCUT2D eigenvalue weighted by atomic mass is 35.5. The van der Waals surface area contributed by atoms with Gasteiger partial charge in [0.15, 0.2) is 0 Å². The number of nitrogens with one attached hydrogen (secondary N) is 1. The molecule has 1 unspecified atom stereocenters. The SMILES string of the molecule is CC.Cc1cncc(-c2ccc(-c3cc4cnc(NC5CCOC5)nc4n(CCN(C)C)c3=O)c(Cl)c2)n1. The summed E-state index contributed by atoms with van der Waals surface area (Å²) in [6.07, 6.45) is 6.05. The lowest BCUT2D eigenvalue weighted by Crippen LogP contribution is -2.29. The number of halogens is 1. The molecule has 0 saturated carbocycles. The summed E-state index contributed by atoms with van der Waals surface area (Å²) >= 11 is 6.72. The van der Waals surface area contributed by atoms with Crippen molar-refractivity contribution in [3.8, 4) is 22.4 Å². The van der Waals surface area contributed by atoms with Gasteiger partial charge in [0, 0.05) is 59.2 Å². The Bertz CT molecular complexity index is 1470. The molecule has 0 radical (unpaired) electrons. The number of nitrogens with zero attached hydrogens (tertiary/aromatic N) is 6. The lowest BCUT2D eigenvalue weighted by atomic mass is 10.0. The number of aromatic nitrogens is 5. The molecule has 4 aromatic rings. The molecule has 1 aliphatic rings. The molecule has 0 amide bonds. The molecule has 3 aromatic heterocycles. The number of hydrogen-bond acceptors (Lipinski definition) is 8. The Morgan fingerprint density at radius 1 is 1.13 bits per heavy atom. The standard InChI is InChI=1S/C26H28ClN7O2.C2H6/c1-16-12-28-14-23(30-16)17-4-5-20(22(27)11-17)21-10-18-13-29-26(31-19-6-9-36-15-19)32-24(18)34(25(21)35)8-7-33(2)3;1-2/h4-5,10-14,19H,6-9,15H2,1-3H3,(H,29,31,32);1-2H3. The zero-order valence-electron chi connectivity index (χ0n) is 22.5. The van der Waals surface area contributed by atoms with Crippen LogP contribution in [-0.2, 0) is 11.3 Å². The topological polar surface area (TPSA) is 98.1 Å². The van der Waals surface area contributed by atoms with Gasteiger partial charge in [-0.2, -0.15) is 4.98 Å². The quantitative estimate of drug-likeness (QED) is 0.365. The maximum Gasteiger partial charge on any atom is 0.260 e. The van der Waals surface area contributed by atoms with E-state index in [-0.39, 0.29) is 11.6 Å². The number of rotatable bonds is 7. The first kappa shape index (κ1) is 27.6. The summed E-state index contributed by atoms with van der Waals surface area (Å²) in [6, 6.07) is 7.57. The second kappa shape index (κ2) is 12.4. The molecule has 1 saturated heterocycles. The fraction of sp³-hybridized carbons (Fsp3) is 0.393. The molecule has 1 fully saturated rings. The van der Waals surface area contributed by atoms with Gasteiger partial charge >= 0.3 is 0 Å². The largest absolute Gasteiger partial charge is 0.379 e. The second-order valence-corrected chi connectivity index (χ2v) is 9.64. The molecule has 10 heteroatoms. The molecule has 38 heavy (non-hydrogen) atoms. The fourth-order valence-corrected chi connectivity index (χ4v) is 4.54. The van der Waals surface area contributed by atoms with Crippen LogP contribution in [0.1, 0.15) is 26.0 Å². The minimum atomic E-state index is -0.150. The molecule has 0 spiro atoms. The van der Waals surface area contributed by atoms with Gasteiger partial charge in [-0.3, -0.25) is 14.3 Å². The number of fused-ring (bicyclic) bond motifs is 1. The van der Waals surface area contributed by atoms with E-state index in [1.807, 2.05) is 64.0 Å². The van der Waals surface area contributed by atoms with Gasteiger partial charge in [0.25, 0.3) is 5.56 Å². The van der Waals surface area contributed by atoms with Crippen molar-refractivity contribution in [3.05, 3.63) is 63.9 Å². The number of pyridine rings is 1. The van der Waals surface area contributed by atoms with Crippen LogP contribution in [0.15, 0.2) is 47.7 Å². The van der Waals surface area contributed by atoms with E-state index >= 15 is 0 Å². The molecular formula is C28H34ClN7O2. The third-order valence-electron chi connectivity index (χ3n) is 6.17. The van der Waals surface area contributed by atoms with E-state index < -0.39 is 0 Å². The average Bonchev–Trinajstić information content (AvgIpc) is 3.42. The van der Waals surface area contributed by atoms with Crippen LogP contribution in [0.25, 0.3) is 33.4 Å². The highest BCUT2D eigenvalue weighted by Crippen LogP contribution is 2.31. The number of ether oxygens (including phenoxy) is 1. The maximum atomic E-state index is 13.8. The van der Waals surface area contributed by atoms with Crippen LogP contribution in [0.2, 0.25) is 5.02 Å². The van der Waals surface area contributed by atoms with Crippen molar-refractivity contribution in [3.63, 3.8) is 0 Å². The summed E-state index contributed by atoms with van der Waals surface area (Å²) < 4.78 is 7.15. The molecule has 1 N–H and O–H groups in total. The first-order valence-corrected chi connectivity index (χ1v) is 13.3. The maximum absolute atomic E-state index is 13.8. The first-order chi connectivity index (χ1) is 18.4. The van der Waals surface area contributed by atoms with Gasteiger partial charge in [0.2, 0.25) is 5.95 Å². The number of benzene rings is 1. The van der Waals surface area contributed by atoms with Crippen LogP contribution in [0.4, 0.5) is 5.95 Å². The average molecular weight is 536 g/mol. The third-order valence-corrected chi connectivity index (χ3v) is 6.48. The van der Waals surface area contributed by atoms with Crippen molar-refractivity contribution < 1.29 is 4.74 Å². The highest BCUT2D eigenvalue weighted by Gasteiger charge is 2.19. The van der Waals surface area contributed by atoms with Crippen LogP contribution in [0, 0.1) is 6.92 Å². The van der Waals surface area contributed by atoms with E-state index in [4.69, 9.17) is 21.3 Å². The zero-order chi connectivity index (χ0) is 27.2. The Kier molecular flexibility index (Phi) is 9.04. The number of aryl methyl sites for hydroxylation is 1. The van der Waals surface area contributed by atoms with Crippen molar-refractivity contribution in [2.45, 2.75) is 39.8 Å². The van der Waals surface area contributed by atoms with Gasteiger partial charge < -0.3 is 15.0 Å². The molecule has 4 heterocycles. The Labute approximate surface area is 227 Å². The lowest BCUT2D eigenvalue weighted by Gasteiger charge is -2.17. The van der Waals surface area contributed by atoms with Crippen molar-refractivity contribution in [1.29, 1.82) is 0 Å². The van der Waals surface area contributed by atoms with E-state index in [9.17, 15) is 4.79 Å². The van der Waals surface area contributed by atoms with Crippen LogP contribution in [-0.4, -0.2) is 69.3 Å². The minimum Gasteiger partial charge on any atom is -0.379 e. The van der Waals surface area contributed by atoms with Gasteiger partial charge in [0.1, 0.15) is 5.65 Å². The smallest absolute Gasteiger partial charge is 0.260 e. The Hall–Kier alpha value is -3.40. The van der Waals surface area contributed by atoms with Crippen molar-refractivity contribution in [2.75, 3.05) is 39.2 Å². The molecule has 1 atom stereocenters. The molecule has 1 aromatic carbocycles. The second-order valence-electron chi connectivity index (χ2n) is 9.24. The number of anilines is 1. The van der Waals surface area contributed by atoms with Gasteiger partial charge in [-0.1, -0.05) is 37.6 Å². The monoisotopic (exact) mass is 535 g/mol. The molecule has 9 nitrogen and oxygen atoms in total.